The lowest BCUT2D eigenvalue weighted by Crippen LogP contribution is -3.14. The van der Waals surface area contributed by atoms with Crippen molar-refractivity contribution in [3.63, 3.8) is 0 Å². The zero-order valence-corrected chi connectivity index (χ0v) is 14.4. The number of hydrogen-bond donors (Lipinski definition) is 2. The Kier molecular flexibility index (Phi) is 5.00. The van der Waals surface area contributed by atoms with Crippen molar-refractivity contribution in [2.45, 2.75) is 26.7 Å². The summed E-state index contributed by atoms with van der Waals surface area (Å²) in [6.07, 6.45) is 1.82. The van der Waals surface area contributed by atoms with Gasteiger partial charge in [0.2, 0.25) is 5.78 Å². The van der Waals surface area contributed by atoms with Gasteiger partial charge in [-0.2, -0.15) is 0 Å². The number of benzene rings is 1. The van der Waals surface area contributed by atoms with Gasteiger partial charge in [0.25, 0.3) is 0 Å². The molecule has 0 amide bonds. The monoisotopic (exact) mass is 329 g/mol. The summed E-state index contributed by atoms with van der Waals surface area (Å²) in [5, 5.41) is 0.985. The van der Waals surface area contributed by atoms with Gasteiger partial charge in [0, 0.05) is 16.6 Å². The highest BCUT2D eigenvalue weighted by atomic mass is 16.5. The molecule has 1 fully saturated rings. The Bertz CT molecular complexity index is 750. The summed E-state index contributed by atoms with van der Waals surface area (Å²) >= 11 is 0. The molecule has 2 aromatic rings. The molecule has 24 heavy (non-hydrogen) atoms. The highest BCUT2D eigenvalue weighted by molar-refractivity contribution is 6.09. The molecule has 1 aromatic heterocycles. The summed E-state index contributed by atoms with van der Waals surface area (Å²) < 4.78 is 5.14. The number of aryl methyl sites for hydroxylation is 1. The van der Waals surface area contributed by atoms with E-state index < -0.39 is 0 Å². The van der Waals surface area contributed by atoms with Crippen LogP contribution in [-0.4, -0.2) is 43.0 Å². The van der Waals surface area contributed by atoms with Crippen molar-refractivity contribution in [1.29, 1.82) is 0 Å². The van der Waals surface area contributed by atoms with Gasteiger partial charge in [-0.15, -0.1) is 0 Å². The van der Waals surface area contributed by atoms with Crippen LogP contribution in [0.4, 0.5) is 0 Å². The number of fused-ring (bicyclic) bond motifs is 1. The molecule has 1 aliphatic rings. The van der Waals surface area contributed by atoms with E-state index in [0.29, 0.717) is 19.7 Å². The third kappa shape index (κ3) is 3.36. The second-order valence-corrected chi connectivity index (χ2v) is 6.57. The fourth-order valence-corrected chi connectivity index (χ4v) is 3.72. The number of carbonyl (C=O) groups excluding carboxylic acids is 2. The first kappa shape index (κ1) is 16.7. The molecule has 2 N–H and O–H groups in total. The number of aromatic nitrogens is 1. The van der Waals surface area contributed by atoms with E-state index in [0.717, 1.165) is 41.5 Å². The number of likely N-dealkylation sites (tertiary alicyclic amines) is 1. The Morgan fingerprint density at radius 3 is 2.92 bits per heavy atom. The number of nitrogens with one attached hydrogen (secondary N) is 2. The number of Topliss-reactive ketones (excluding diaryl/α,β-unsaturated/α-hetero) is 1. The number of hydrogen-bond acceptors (Lipinski definition) is 3. The van der Waals surface area contributed by atoms with Crippen molar-refractivity contribution in [3.05, 3.63) is 35.5 Å². The standard InChI is InChI=1S/C19H24N2O3/c1-3-24-19(23)14-7-6-10-21(11-14)12-17(22)18-13(2)20-16-9-5-4-8-15(16)18/h4-5,8-9,14,20H,3,6-7,10-12H2,1-2H3/p+1/t14-/m1/s1. The van der Waals surface area contributed by atoms with E-state index >= 15 is 0 Å². The van der Waals surface area contributed by atoms with Crippen molar-refractivity contribution in [2.75, 3.05) is 26.2 Å². The van der Waals surface area contributed by atoms with Gasteiger partial charge in [-0.25, -0.2) is 0 Å². The van der Waals surface area contributed by atoms with Crippen LogP contribution in [0.3, 0.4) is 0 Å². The van der Waals surface area contributed by atoms with Gasteiger partial charge in [0.15, 0.2) is 0 Å². The molecule has 0 radical (unpaired) electrons. The molecule has 0 saturated carbocycles. The van der Waals surface area contributed by atoms with E-state index in [-0.39, 0.29) is 17.7 Å². The molecule has 128 valence electrons. The molecule has 1 unspecified atom stereocenters. The normalized spacial score (nSPS) is 20.9. The number of aromatic amines is 1. The van der Waals surface area contributed by atoms with Crippen LogP contribution in [0.2, 0.25) is 0 Å². The van der Waals surface area contributed by atoms with E-state index in [9.17, 15) is 9.59 Å². The Labute approximate surface area is 142 Å². The topological polar surface area (TPSA) is 63.6 Å². The van der Waals surface area contributed by atoms with E-state index in [1.807, 2.05) is 38.1 Å². The summed E-state index contributed by atoms with van der Waals surface area (Å²) in [7, 11) is 0. The van der Waals surface area contributed by atoms with Crippen molar-refractivity contribution < 1.29 is 19.2 Å². The number of ketones is 1. The second kappa shape index (κ2) is 7.18. The SMILES string of the molecule is CCOC(=O)[C@@H]1CCC[NH+](CC(=O)c2c(C)[nH]c3ccccc23)C1. The maximum Gasteiger partial charge on any atom is 0.314 e. The maximum absolute atomic E-state index is 12.9. The Balaban J connectivity index is 1.72. The van der Waals surface area contributed by atoms with Crippen molar-refractivity contribution in [1.82, 2.24) is 4.98 Å². The molecular weight excluding hydrogens is 304 g/mol. The minimum absolute atomic E-state index is 0.0782. The third-order valence-electron chi connectivity index (χ3n) is 4.82. The number of para-hydroxylation sites is 1. The van der Waals surface area contributed by atoms with Gasteiger partial charge < -0.3 is 14.6 Å². The third-order valence-corrected chi connectivity index (χ3v) is 4.82. The molecule has 1 aromatic carbocycles. The molecule has 2 atom stereocenters. The first-order valence-corrected chi connectivity index (χ1v) is 8.70. The van der Waals surface area contributed by atoms with Crippen LogP contribution in [0.25, 0.3) is 10.9 Å². The first-order valence-electron chi connectivity index (χ1n) is 8.70. The number of piperidine rings is 1. The van der Waals surface area contributed by atoms with Crippen LogP contribution in [0.5, 0.6) is 0 Å². The van der Waals surface area contributed by atoms with E-state index in [1.165, 1.54) is 4.90 Å². The zero-order chi connectivity index (χ0) is 17.1. The average Bonchev–Trinajstić information content (AvgIpc) is 2.91. The number of carbonyl (C=O) groups is 2. The molecule has 2 heterocycles. The van der Waals surface area contributed by atoms with E-state index in [4.69, 9.17) is 4.74 Å². The van der Waals surface area contributed by atoms with E-state index in [2.05, 4.69) is 4.98 Å². The quantitative estimate of drug-likeness (QED) is 0.646. The highest BCUT2D eigenvalue weighted by Gasteiger charge is 2.31. The predicted octanol–water partition coefficient (Wildman–Crippen LogP) is 1.52. The number of H-pyrrole nitrogens is 1. The number of ether oxygens (including phenoxy) is 1. The van der Waals surface area contributed by atoms with Crippen LogP contribution < -0.4 is 4.90 Å². The Morgan fingerprint density at radius 1 is 1.33 bits per heavy atom. The lowest BCUT2D eigenvalue weighted by atomic mass is 9.97. The summed E-state index contributed by atoms with van der Waals surface area (Å²) in [6, 6.07) is 7.89. The zero-order valence-electron chi connectivity index (χ0n) is 14.4. The van der Waals surface area contributed by atoms with Gasteiger partial charge >= 0.3 is 5.97 Å². The van der Waals surface area contributed by atoms with Gasteiger partial charge in [0.1, 0.15) is 12.5 Å². The number of quaternary nitrogens is 1. The highest BCUT2D eigenvalue weighted by Crippen LogP contribution is 2.22. The first-order chi connectivity index (χ1) is 11.6. The van der Waals surface area contributed by atoms with Crippen molar-refractivity contribution >= 4 is 22.7 Å². The van der Waals surface area contributed by atoms with Crippen LogP contribution in [-0.2, 0) is 9.53 Å². The fourth-order valence-electron chi connectivity index (χ4n) is 3.72. The van der Waals surface area contributed by atoms with Crippen LogP contribution in [0.1, 0.15) is 35.8 Å². The molecule has 1 aliphatic heterocycles. The van der Waals surface area contributed by atoms with Gasteiger partial charge in [0.05, 0.1) is 25.3 Å². The van der Waals surface area contributed by atoms with E-state index in [1.54, 1.807) is 0 Å². The largest absolute Gasteiger partial charge is 0.466 e. The maximum atomic E-state index is 12.9. The Morgan fingerprint density at radius 2 is 2.12 bits per heavy atom. The van der Waals surface area contributed by atoms with Crippen molar-refractivity contribution in [2.24, 2.45) is 5.92 Å². The van der Waals surface area contributed by atoms with Gasteiger partial charge in [-0.3, -0.25) is 9.59 Å². The van der Waals surface area contributed by atoms with Crippen molar-refractivity contribution in [3.8, 4) is 0 Å². The smallest absolute Gasteiger partial charge is 0.314 e. The lowest BCUT2D eigenvalue weighted by molar-refractivity contribution is -0.899. The molecule has 5 nitrogen and oxygen atoms in total. The second-order valence-electron chi connectivity index (χ2n) is 6.57. The molecule has 1 saturated heterocycles. The Hall–Kier alpha value is -2.14. The van der Waals surface area contributed by atoms with Crippen LogP contribution in [0, 0.1) is 12.8 Å². The number of esters is 1. The number of rotatable bonds is 5. The molecule has 0 bridgehead atoms. The molecule has 5 heteroatoms. The minimum atomic E-state index is -0.120. The van der Waals surface area contributed by atoms with Crippen LogP contribution >= 0.6 is 0 Å². The predicted molar refractivity (Wildman–Crippen MR) is 92.3 cm³/mol. The summed E-state index contributed by atoms with van der Waals surface area (Å²) in [5.74, 6) is -0.0551. The summed E-state index contributed by atoms with van der Waals surface area (Å²) in [6.45, 7) is 6.24. The molecule has 3 rings (SSSR count). The minimum Gasteiger partial charge on any atom is -0.466 e. The van der Waals surface area contributed by atoms with Gasteiger partial charge in [-0.1, -0.05) is 18.2 Å². The summed E-state index contributed by atoms with van der Waals surface area (Å²) in [4.78, 5) is 29.3. The molecule has 0 spiro atoms. The average molecular weight is 329 g/mol. The lowest BCUT2D eigenvalue weighted by Gasteiger charge is -2.28. The molecular formula is C19H25N2O3+. The summed E-state index contributed by atoms with van der Waals surface area (Å²) in [5.41, 5.74) is 2.70. The molecule has 0 aliphatic carbocycles. The van der Waals surface area contributed by atoms with Gasteiger partial charge in [-0.05, 0) is 32.8 Å². The fraction of sp³-hybridized carbons (Fsp3) is 0.474. The van der Waals surface area contributed by atoms with Crippen LogP contribution in [0.15, 0.2) is 24.3 Å².